The standard InChI is InChI=1S/C27H45NO7/c1-25(2,3)34-23(32)27(24(33)35-26(4,5)6)17-19-28(20-18-27)21(29)15-13-11-9-7-8-10-12-14-16-22(30)31/h13,15H,7-12,14,16-20H2,1-6H3,(H,30,31)/b15-13+. The number of piperidine rings is 1. The van der Waals surface area contributed by atoms with Crippen molar-refractivity contribution in [3.63, 3.8) is 0 Å². The average molecular weight is 496 g/mol. The molecule has 0 saturated carbocycles. The molecule has 0 aromatic carbocycles. The lowest BCUT2D eigenvalue weighted by Gasteiger charge is -2.40. The number of nitrogens with zero attached hydrogens (tertiary/aromatic N) is 1. The predicted octanol–water partition coefficient (Wildman–Crippen LogP) is 5.04. The number of hydrogen-bond donors (Lipinski definition) is 1. The van der Waals surface area contributed by atoms with E-state index in [1.54, 1.807) is 52.5 Å². The Labute approximate surface area is 210 Å². The average Bonchev–Trinajstić information content (AvgIpc) is 2.72. The molecule has 0 unspecified atom stereocenters. The molecular formula is C27H45NO7. The molecule has 0 aliphatic carbocycles. The van der Waals surface area contributed by atoms with Crippen LogP contribution in [0.3, 0.4) is 0 Å². The van der Waals surface area contributed by atoms with Crippen LogP contribution >= 0.6 is 0 Å². The lowest BCUT2D eigenvalue weighted by atomic mass is 9.78. The van der Waals surface area contributed by atoms with Crippen LogP contribution in [0.1, 0.15) is 106 Å². The monoisotopic (exact) mass is 495 g/mol. The number of amides is 1. The van der Waals surface area contributed by atoms with Crippen molar-refractivity contribution in [2.24, 2.45) is 5.41 Å². The molecule has 200 valence electrons. The van der Waals surface area contributed by atoms with Gasteiger partial charge in [-0.1, -0.05) is 31.8 Å². The van der Waals surface area contributed by atoms with Crippen LogP contribution in [-0.4, -0.2) is 58.1 Å². The minimum atomic E-state index is -1.41. The number of carboxylic acid groups (broad SMARTS) is 1. The van der Waals surface area contributed by atoms with E-state index in [2.05, 4.69) is 0 Å². The molecule has 0 bridgehead atoms. The molecule has 1 rings (SSSR count). The molecule has 1 fully saturated rings. The second-order valence-electron chi connectivity index (χ2n) is 11.4. The van der Waals surface area contributed by atoms with Crippen LogP contribution in [0.15, 0.2) is 12.2 Å². The molecule has 0 radical (unpaired) electrons. The maximum atomic E-state index is 13.1. The number of aliphatic carboxylic acids is 1. The van der Waals surface area contributed by atoms with E-state index in [9.17, 15) is 19.2 Å². The molecule has 8 nitrogen and oxygen atoms in total. The van der Waals surface area contributed by atoms with Crippen molar-refractivity contribution in [2.75, 3.05) is 13.1 Å². The summed E-state index contributed by atoms with van der Waals surface area (Å²) in [6.45, 7) is 11.1. The van der Waals surface area contributed by atoms with E-state index in [0.29, 0.717) is 0 Å². The second kappa shape index (κ2) is 13.6. The first-order valence-electron chi connectivity index (χ1n) is 12.8. The van der Waals surface area contributed by atoms with Crippen molar-refractivity contribution in [1.29, 1.82) is 0 Å². The van der Waals surface area contributed by atoms with Gasteiger partial charge in [-0.15, -0.1) is 0 Å². The summed E-state index contributed by atoms with van der Waals surface area (Å²) in [5.74, 6) is -2.05. The number of rotatable bonds is 12. The van der Waals surface area contributed by atoms with Crippen LogP contribution in [0.5, 0.6) is 0 Å². The van der Waals surface area contributed by atoms with Crippen LogP contribution in [0.25, 0.3) is 0 Å². The third-order valence-electron chi connectivity index (χ3n) is 5.78. The van der Waals surface area contributed by atoms with Crippen molar-refractivity contribution < 1.29 is 33.8 Å². The van der Waals surface area contributed by atoms with Gasteiger partial charge in [-0.3, -0.25) is 19.2 Å². The first kappa shape index (κ1) is 30.7. The number of allylic oxidation sites excluding steroid dienone is 1. The van der Waals surface area contributed by atoms with Gasteiger partial charge in [-0.2, -0.15) is 0 Å². The Hall–Kier alpha value is -2.38. The van der Waals surface area contributed by atoms with Gasteiger partial charge in [-0.05, 0) is 79.7 Å². The van der Waals surface area contributed by atoms with E-state index in [0.717, 1.165) is 44.9 Å². The van der Waals surface area contributed by atoms with E-state index >= 15 is 0 Å². The van der Waals surface area contributed by atoms with Gasteiger partial charge < -0.3 is 19.5 Å². The minimum Gasteiger partial charge on any atom is -0.481 e. The van der Waals surface area contributed by atoms with Crippen molar-refractivity contribution in [2.45, 2.75) is 117 Å². The van der Waals surface area contributed by atoms with Gasteiger partial charge in [-0.25, -0.2) is 0 Å². The van der Waals surface area contributed by atoms with Crippen LogP contribution < -0.4 is 0 Å². The van der Waals surface area contributed by atoms with Gasteiger partial charge >= 0.3 is 17.9 Å². The molecule has 1 aliphatic heterocycles. The zero-order valence-electron chi connectivity index (χ0n) is 22.5. The van der Waals surface area contributed by atoms with Gasteiger partial charge in [0, 0.05) is 19.5 Å². The highest BCUT2D eigenvalue weighted by molar-refractivity contribution is 6.01. The number of carboxylic acids is 1. The van der Waals surface area contributed by atoms with Gasteiger partial charge in [0.2, 0.25) is 5.91 Å². The topological polar surface area (TPSA) is 110 Å². The third kappa shape index (κ3) is 11.7. The molecule has 35 heavy (non-hydrogen) atoms. The van der Waals surface area contributed by atoms with E-state index in [-0.39, 0.29) is 38.3 Å². The summed E-state index contributed by atoms with van der Waals surface area (Å²) >= 11 is 0. The summed E-state index contributed by atoms with van der Waals surface area (Å²) in [6.07, 6.45) is 10.6. The number of ether oxygens (including phenoxy) is 2. The quantitative estimate of drug-likeness (QED) is 0.175. The van der Waals surface area contributed by atoms with Gasteiger partial charge in [0.15, 0.2) is 5.41 Å². The largest absolute Gasteiger partial charge is 0.481 e. The zero-order chi connectivity index (χ0) is 26.7. The second-order valence-corrected chi connectivity index (χ2v) is 11.4. The SMILES string of the molecule is CC(C)(C)OC(=O)C1(C(=O)OC(C)(C)C)CCN(C(=O)/C=C/CCCCCCCCC(=O)O)CC1. The summed E-state index contributed by atoms with van der Waals surface area (Å²) in [5.41, 5.74) is -2.88. The normalized spacial score (nSPS) is 16.2. The molecule has 0 aromatic heterocycles. The Bertz CT molecular complexity index is 720. The fourth-order valence-electron chi connectivity index (χ4n) is 3.89. The molecule has 8 heteroatoms. The van der Waals surface area contributed by atoms with Crippen LogP contribution in [0, 0.1) is 5.41 Å². The Balaban J connectivity index is 2.55. The highest BCUT2D eigenvalue weighted by Crippen LogP contribution is 2.37. The fraction of sp³-hybridized carbons (Fsp3) is 0.778. The fourth-order valence-corrected chi connectivity index (χ4v) is 3.89. The summed E-state index contributed by atoms with van der Waals surface area (Å²) in [5, 5.41) is 8.63. The Morgan fingerprint density at radius 2 is 1.26 bits per heavy atom. The van der Waals surface area contributed by atoms with Gasteiger partial charge in [0.05, 0.1) is 0 Å². The molecule has 1 amide bonds. The van der Waals surface area contributed by atoms with Crippen molar-refractivity contribution in [3.05, 3.63) is 12.2 Å². The highest BCUT2D eigenvalue weighted by atomic mass is 16.6. The molecule has 1 heterocycles. The Kier molecular flexibility index (Phi) is 11.9. The Morgan fingerprint density at radius 1 is 0.800 bits per heavy atom. The summed E-state index contributed by atoms with van der Waals surface area (Å²) in [4.78, 5) is 50.9. The van der Waals surface area contributed by atoms with Crippen molar-refractivity contribution in [1.82, 2.24) is 4.90 Å². The number of carbonyl (C=O) groups is 4. The van der Waals surface area contributed by atoms with Gasteiger partial charge in [0.1, 0.15) is 11.2 Å². The third-order valence-corrected chi connectivity index (χ3v) is 5.78. The Morgan fingerprint density at radius 3 is 1.71 bits per heavy atom. The molecule has 0 aromatic rings. The number of carbonyl (C=O) groups excluding carboxylic acids is 3. The first-order valence-corrected chi connectivity index (χ1v) is 12.8. The number of esters is 2. The molecule has 1 N–H and O–H groups in total. The highest BCUT2D eigenvalue weighted by Gasteiger charge is 2.53. The maximum Gasteiger partial charge on any atom is 0.324 e. The van der Waals surface area contributed by atoms with Gasteiger partial charge in [0.25, 0.3) is 0 Å². The lowest BCUT2D eigenvalue weighted by Crippen LogP contribution is -2.53. The number of hydrogen-bond acceptors (Lipinski definition) is 6. The van der Waals surface area contributed by atoms with Crippen molar-refractivity contribution in [3.8, 4) is 0 Å². The van der Waals surface area contributed by atoms with Crippen molar-refractivity contribution >= 4 is 23.8 Å². The summed E-state index contributed by atoms with van der Waals surface area (Å²) in [7, 11) is 0. The minimum absolute atomic E-state index is 0.124. The number of likely N-dealkylation sites (tertiary alicyclic amines) is 1. The molecule has 1 aliphatic rings. The molecule has 0 atom stereocenters. The predicted molar refractivity (Wildman–Crippen MR) is 134 cm³/mol. The smallest absolute Gasteiger partial charge is 0.324 e. The zero-order valence-corrected chi connectivity index (χ0v) is 22.5. The molecule has 0 spiro atoms. The molecular weight excluding hydrogens is 450 g/mol. The summed E-state index contributed by atoms with van der Waals surface area (Å²) in [6, 6.07) is 0. The first-order chi connectivity index (χ1) is 16.2. The summed E-state index contributed by atoms with van der Waals surface area (Å²) < 4.78 is 11.1. The van der Waals surface area contributed by atoms with E-state index < -0.39 is 34.5 Å². The van der Waals surface area contributed by atoms with E-state index in [1.165, 1.54) is 0 Å². The van der Waals surface area contributed by atoms with E-state index in [4.69, 9.17) is 14.6 Å². The number of unbranched alkanes of at least 4 members (excludes halogenated alkanes) is 6. The van der Waals surface area contributed by atoms with Crippen LogP contribution in [-0.2, 0) is 28.7 Å². The lowest BCUT2D eigenvalue weighted by molar-refractivity contribution is -0.189. The molecule has 1 saturated heterocycles. The van der Waals surface area contributed by atoms with E-state index in [1.807, 2.05) is 6.08 Å². The maximum absolute atomic E-state index is 13.1. The van der Waals surface area contributed by atoms with Crippen LogP contribution in [0.2, 0.25) is 0 Å². The van der Waals surface area contributed by atoms with Crippen LogP contribution in [0.4, 0.5) is 0 Å².